The molecule has 2 atom stereocenters. The Morgan fingerprint density at radius 1 is 1.00 bits per heavy atom. The van der Waals surface area contributed by atoms with E-state index in [1.807, 2.05) is 30.3 Å². The molecule has 0 saturated carbocycles. The van der Waals surface area contributed by atoms with Gasteiger partial charge in [-0.1, -0.05) is 60.7 Å². The Labute approximate surface area is 145 Å². The molecular weight excluding hydrogens is 334 g/mol. The highest BCUT2D eigenvalue weighted by atomic mass is 35.5. The summed E-state index contributed by atoms with van der Waals surface area (Å²) in [5.41, 5.74) is 6.76. The van der Waals surface area contributed by atoms with Crippen LogP contribution in [0.5, 0.6) is 0 Å². The first-order chi connectivity index (χ1) is 11.0. The van der Waals surface area contributed by atoms with Gasteiger partial charge in [0, 0.05) is 30.6 Å². The maximum absolute atomic E-state index is 14.4. The third kappa shape index (κ3) is 3.42. The molecule has 1 saturated heterocycles. The van der Waals surface area contributed by atoms with E-state index in [0.29, 0.717) is 0 Å². The summed E-state index contributed by atoms with van der Waals surface area (Å²) >= 11 is 0. The molecule has 1 aliphatic rings. The second kappa shape index (κ2) is 7.28. The molecule has 0 spiro atoms. The molecule has 0 bridgehead atoms. The summed E-state index contributed by atoms with van der Waals surface area (Å²) in [6.45, 7) is 0.354. The summed E-state index contributed by atoms with van der Waals surface area (Å²) in [5.74, 6) is -4.84. The van der Waals surface area contributed by atoms with Gasteiger partial charge in [0.1, 0.15) is 0 Å². The number of rotatable bonds is 3. The first kappa shape index (κ1) is 18.4. The molecule has 128 valence electrons. The van der Waals surface area contributed by atoms with Crippen LogP contribution < -0.4 is 5.73 Å². The summed E-state index contributed by atoms with van der Waals surface area (Å²) in [4.78, 5) is 13.5. The molecule has 1 fully saturated rings. The van der Waals surface area contributed by atoms with Crippen LogP contribution in [0, 0.1) is 0 Å². The van der Waals surface area contributed by atoms with Gasteiger partial charge in [0.05, 0.1) is 0 Å². The summed E-state index contributed by atoms with van der Waals surface area (Å²) in [7, 11) is 0. The topological polar surface area (TPSA) is 46.3 Å². The molecule has 3 nitrogen and oxygen atoms in total. The van der Waals surface area contributed by atoms with Crippen LogP contribution in [0.25, 0.3) is 0 Å². The van der Waals surface area contributed by atoms with Crippen molar-refractivity contribution in [2.24, 2.45) is 5.73 Å². The van der Waals surface area contributed by atoms with Crippen molar-refractivity contribution >= 4 is 18.3 Å². The number of carbonyl (C=O) groups excluding carboxylic acids is 1. The fourth-order valence-electron chi connectivity index (χ4n) is 3.02. The van der Waals surface area contributed by atoms with Crippen molar-refractivity contribution in [3.63, 3.8) is 0 Å². The zero-order chi connectivity index (χ0) is 16.4. The van der Waals surface area contributed by atoms with E-state index in [2.05, 4.69) is 0 Å². The number of hydrogen-bond acceptors (Lipinski definition) is 2. The zero-order valence-corrected chi connectivity index (χ0v) is 13.8. The molecule has 0 unspecified atom stereocenters. The van der Waals surface area contributed by atoms with Gasteiger partial charge in [0.15, 0.2) is 0 Å². The number of alkyl halides is 2. The lowest BCUT2D eigenvalue weighted by Gasteiger charge is -2.23. The molecule has 0 radical (unpaired) electrons. The Balaban J connectivity index is 0.00000208. The van der Waals surface area contributed by atoms with Gasteiger partial charge in [0.25, 0.3) is 5.91 Å². The van der Waals surface area contributed by atoms with E-state index in [1.165, 1.54) is 29.2 Å². The third-order valence-electron chi connectivity index (χ3n) is 4.28. The molecule has 6 heteroatoms. The van der Waals surface area contributed by atoms with Gasteiger partial charge in [-0.3, -0.25) is 4.79 Å². The predicted octanol–water partition coefficient (Wildman–Crippen LogP) is 3.15. The van der Waals surface area contributed by atoms with Crippen LogP contribution in [0.4, 0.5) is 8.78 Å². The molecule has 1 heterocycles. The van der Waals surface area contributed by atoms with Crippen LogP contribution in [-0.2, 0) is 10.7 Å². The molecule has 2 aromatic carbocycles. The van der Waals surface area contributed by atoms with E-state index >= 15 is 0 Å². The highest BCUT2D eigenvalue weighted by Gasteiger charge is 2.47. The lowest BCUT2D eigenvalue weighted by molar-refractivity contribution is -0.157. The maximum Gasteiger partial charge on any atom is 0.349 e. The minimum atomic E-state index is -3.54. The predicted molar refractivity (Wildman–Crippen MR) is 91.3 cm³/mol. The van der Waals surface area contributed by atoms with E-state index in [0.717, 1.165) is 5.56 Å². The van der Waals surface area contributed by atoms with E-state index in [4.69, 9.17) is 5.73 Å². The molecule has 0 aliphatic carbocycles. The Bertz CT molecular complexity index is 682. The van der Waals surface area contributed by atoms with Crippen molar-refractivity contribution in [1.82, 2.24) is 4.90 Å². The molecule has 1 aliphatic heterocycles. The highest BCUT2D eigenvalue weighted by molar-refractivity contribution is 5.85. The molecule has 0 aromatic heterocycles. The Kier molecular flexibility index (Phi) is 5.57. The largest absolute Gasteiger partial charge is 0.349 e. The van der Waals surface area contributed by atoms with Crippen molar-refractivity contribution in [2.45, 2.75) is 17.9 Å². The van der Waals surface area contributed by atoms with E-state index in [-0.39, 0.29) is 43.0 Å². The van der Waals surface area contributed by atoms with Crippen LogP contribution in [0.2, 0.25) is 0 Å². The number of amides is 1. The molecular formula is C18H19ClF2N2O. The van der Waals surface area contributed by atoms with Crippen molar-refractivity contribution in [1.29, 1.82) is 0 Å². The second-order valence-corrected chi connectivity index (χ2v) is 5.83. The second-order valence-electron chi connectivity index (χ2n) is 5.83. The van der Waals surface area contributed by atoms with E-state index in [1.54, 1.807) is 6.07 Å². The average molecular weight is 353 g/mol. The Morgan fingerprint density at radius 3 is 2.12 bits per heavy atom. The lowest BCUT2D eigenvalue weighted by atomic mass is 9.95. The first-order valence-corrected chi connectivity index (χ1v) is 7.53. The Morgan fingerprint density at radius 2 is 1.54 bits per heavy atom. The van der Waals surface area contributed by atoms with Gasteiger partial charge in [-0.25, -0.2) is 0 Å². The standard InChI is InChI=1S/C18H18F2N2O.ClH/c19-18(20,14-9-5-2-6-10-14)17(23)22-11-15(16(21)12-22)13-7-3-1-4-8-13;/h1-10,15-16H,11-12,21H2;1H/t15-,16+;/m0./s1. The van der Waals surface area contributed by atoms with Crippen LogP contribution in [-0.4, -0.2) is 29.9 Å². The van der Waals surface area contributed by atoms with Crippen molar-refractivity contribution in [3.05, 3.63) is 71.8 Å². The van der Waals surface area contributed by atoms with Crippen molar-refractivity contribution < 1.29 is 13.6 Å². The monoisotopic (exact) mass is 352 g/mol. The zero-order valence-electron chi connectivity index (χ0n) is 12.9. The maximum atomic E-state index is 14.4. The number of benzene rings is 2. The molecule has 3 rings (SSSR count). The third-order valence-corrected chi connectivity index (χ3v) is 4.28. The molecule has 24 heavy (non-hydrogen) atoms. The van der Waals surface area contributed by atoms with Crippen LogP contribution >= 0.6 is 12.4 Å². The quantitative estimate of drug-likeness (QED) is 0.922. The smallest absolute Gasteiger partial charge is 0.335 e. The minimum absolute atomic E-state index is 0. The van der Waals surface area contributed by atoms with Gasteiger partial charge >= 0.3 is 5.92 Å². The van der Waals surface area contributed by atoms with E-state index < -0.39 is 11.8 Å². The van der Waals surface area contributed by atoms with Gasteiger partial charge in [-0.05, 0) is 5.56 Å². The normalized spacial score (nSPS) is 20.5. The van der Waals surface area contributed by atoms with Crippen LogP contribution in [0.3, 0.4) is 0 Å². The van der Waals surface area contributed by atoms with Gasteiger partial charge < -0.3 is 10.6 Å². The van der Waals surface area contributed by atoms with Crippen LogP contribution in [0.15, 0.2) is 60.7 Å². The number of carbonyl (C=O) groups is 1. The van der Waals surface area contributed by atoms with Crippen molar-refractivity contribution in [3.8, 4) is 0 Å². The summed E-state index contributed by atoms with van der Waals surface area (Å²) in [5, 5.41) is 0. The average Bonchev–Trinajstić information content (AvgIpc) is 2.97. The number of likely N-dealkylation sites (tertiary alicyclic amines) is 1. The van der Waals surface area contributed by atoms with Gasteiger partial charge in [-0.2, -0.15) is 8.78 Å². The molecule has 2 aromatic rings. The minimum Gasteiger partial charge on any atom is -0.335 e. The number of nitrogens with two attached hydrogens (primary N) is 1. The van der Waals surface area contributed by atoms with Crippen LogP contribution in [0.1, 0.15) is 17.0 Å². The summed E-state index contributed by atoms with van der Waals surface area (Å²) in [6.07, 6.45) is 0. The summed E-state index contributed by atoms with van der Waals surface area (Å²) in [6, 6.07) is 16.3. The van der Waals surface area contributed by atoms with Gasteiger partial charge in [-0.15, -0.1) is 12.4 Å². The molecule has 2 N–H and O–H groups in total. The molecule has 1 amide bonds. The first-order valence-electron chi connectivity index (χ1n) is 7.53. The van der Waals surface area contributed by atoms with Crippen molar-refractivity contribution in [2.75, 3.05) is 13.1 Å². The highest BCUT2D eigenvalue weighted by Crippen LogP contribution is 2.34. The Hall–Kier alpha value is -1.98. The lowest BCUT2D eigenvalue weighted by Crippen LogP contribution is -2.41. The SMILES string of the molecule is Cl.N[C@@H]1CN(C(=O)C(F)(F)c2ccccc2)C[C@H]1c1ccccc1. The fraction of sp³-hybridized carbons (Fsp3) is 0.278. The number of hydrogen-bond donors (Lipinski definition) is 1. The number of halogens is 3. The van der Waals surface area contributed by atoms with Gasteiger partial charge in [0.2, 0.25) is 0 Å². The number of nitrogens with zero attached hydrogens (tertiary/aromatic N) is 1. The fourth-order valence-corrected chi connectivity index (χ4v) is 3.02. The van der Waals surface area contributed by atoms with E-state index in [9.17, 15) is 13.6 Å². The summed E-state index contributed by atoms with van der Waals surface area (Å²) < 4.78 is 28.9.